The number of hydrogen-bond acceptors (Lipinski definition) is 3. The molecule has 3 nitrogen and oxygen atoms in total. The maximum atomic E-state index is 5.13. The van der Waals surface area contributed by atoms with Crippen molar-refractivity contribution in [1.29, 1.82) is 0 Å². The van der Waals surface area contributed by atoms with E-state index in [1.54, 1.807) is 0 Å². The summed E-state index contributed by atoms with van der Waals surface area (Å²) in [5.74, 6) is 1.65. The molecule has 5 rings (SSSR count). The topological polar surface area (TPSA) is 36.8 Å². The van der Waals surface area contributed by atoms with E-state index in [4.69, 9.17) is 9.98 Å². The zero-order valence-electron chi connectivity index (χ0n) is 19.2. The molecule has 4 aromatic rings. The maximum Gasteiger partial charge on any atom is 0.177 e. The van der Waals surface area contributed by atoms with Gasteiger partial charge in [-0.15, -0.1) is 0 Å². The quantitative estimate of drug-likeness (QED) is 0.388. The molecule has 0 saturated heterocycles. The Hall–Kier alpha value is -3.98. The number of rotatable bonds is 4. The summed E-state index contributed by atoms with van der Waals surface area (Å²) in [6, 6.07) is 35.6. The van der Waals surface area contributed by atoms with Crippen molar-refractivity contribution in [1.82, 2.24) is 5.32 Å². The van der Waals surface area contributed by atoms with Crippen LogP contribution in [0.3, 0.4) is 0 Å². The summed E-state index contributed by atoms with van der Waals surface area (Å²) in [7, 11) is 0. The van der Waals surface area contributed by atoms with E-state index < -0.39 is 5.66 Å². The zero-order valence-corrected chi connectivity index (χ0v) is 19.2. The minimum absolute atomic E-state index is 0.721. The highest BCUT2D eigenvalue weighted by atomic mass is 15.2. The van der Waals surface area contributed by atoms with Gasteiger partial charge in [0.2, 0.25) is 0 Å². The second-order valence-corrected chi connectivity index (χ2v) is 8.64. The molecular formula is C30H27N3. The second-order valence-electron chi connectivity index (χ2n) is 8.64. The van der Waals surface area contributed by atoms with E-state index in [-0.39, 0.29) is 0 Å². The van der Waals surface area contributed by atoms with Crippen LogP contribution in [0.2, 0.25) is 0 Å². The molecule has 0 aromatic heterocycles. The van der Waals surface area contributed by atoms with Crippen molar-refractivity contribution in [2.24, 2.45) is 9.98 Å². The number of nitrogens with zero attached hydrogens (tertiary/aromatic N) is 2. The number of amidine groups is 2. The number of nitrogens with one attached hydrogen (secondary N) is 1. The average molecular weight is 430 g/mol. The van der Waals surface area contributed by atoms with Gasteiger partial charge in [-0.2, -0.15) is 0 Å². The van der Waals surface area contributed by atoms with Gasteiger partial charge in [-0.1, -0.05) is 97.1 Å². The first kappa shape index (κ1) is 20.9. The molecule has 0 bridgehead atoms. The van der Waals surface area contributed by atoms with Crippen LogP contribution in [-0.2, 0) is 5.66 Å². The van der Waals surface area contributed by atoms with Gasteiger partial charge in [-0.3, -0.25) is 0 Å². The molecule has 0 radical (unpaired) electrons. The summed E-state index contributed by atoms with van der Waals surface area (Å²) in [5, 5.41) is 3.52. The summed E-state index contributed by atoms with van der Waals surface area (Å²) in [4.78, 5) is 10.2. The van der Waals surface area contributed by atoms with Crippen LogP contribution in [0.1, 0.15) is 34.7 Å². The van der Waals surface area contributed by atoms with Crippen LogP contribution in [0.4, 0.5) is 0 Å². The van der Waals surface area contributed by atoms with Gasteiger partial charge in [-0.05, 0) is 49.1 Å². The highest BCUT2D eigenvalue weighted by Gasteiger charge is 2.31. The fraction of sp³-hybridized carbons (Fsp3) is 0.133. The van der Waals surface area contributed by atoms with Gasteiger partial charge in [0.1, 0.15) is 11.7 Å². The van der Waals surface area contributed by atoms with Gasteiger partial charge in [0.25, 0.3) is 0 Å². The molecule has 3 heteroatoms. The highest BCUT2D eigenvalue weighted by Crippen LogP contribution is 2.32. The van der Waals surface area contributed by atoms with E-state index in [9.17, 15) is 0 Å². The molecule has 0 spiro atoms. The molecule has 1 N–H and O–H groups in total. The van der Waals surface area contributed by atoms with Gasteiger partial charge < -0.3 is 5.32 Å². The Morgan fingerprint density at radius 3 is 1.85 bits per heavy atom. The van der Waals surface area contributed by atoms with E-state index in [1.807, 2.05) is 36.4 Å². The van der Waals surface area contributed by atoms with E-state index >= 15 is 0 Å². The van der Waals surface area contributed by atoms with Crippen LogP contribution in [0.15, 0.2) is 113 Å². The predicted molar refractivity (Wildman–Crippen MR) is 138 cm³/mol. The number of aryl methyl sites for hydroxylation is 2. The Morgan fingerprint density at radius 1 is 0.576 bits per heavy atom. The molecule has 1 aliphatic heterocycles. The molecule has 1 aliphatic rings. The molecule has 0 amide bonds. The molecule has 0 fully saturated rings. The third-order valence-electron chi connectivity index (χ3n) is 6.21. The van der Waals surface area contributed by atoms with E-state index in [0.717, 1.165) is 28.4 Å². The van der Waals surface area contributed by atoms with Gasteiger partial charge in [0, 0.05) is 16.7 Å². The molecule has 33 heavy (non-hydrogen) atoms. The van der Waals surface area contributed by atoms with Crippen molar-refractivity contribution in [2.45, 2.75) is 26.4 Å². The maximum absolute atomic E-state index is 5.13. The van der Waals surface area contributed by atoms with Gasteiger partial charge >= 0.3 is 0 Å². The SMILES string of the molecule is Cc1ccccc1-c1cc(C2=NC(C)(c3ccccc3)N=C(c3ccccc3)N2)ccc1C. The molecule has 4 aromatic carbocycles. The fourth-order valence-electron chi connectivity index (χ4n) is 4.32. The highest BCUT2D eigenvalue weighted by molar-refractivity contribution is 6.16. The normalized spacial score (nSPS) is 17.7. The minimum atomic E-state index is -0.721. The number of benzene rings is 4. The Kier molecular flexibility index (Phi) is 5.39. The summed E-state index contributed by atoms with van der Waals surface area (Å²) >= 11 is 0. The van der Waals surface area contributed by atoms with Crippen molar-refractivity contribution >= 4 is 11.7 Å². The predicted octanol–water partition coefficient (Wildman–Crippen LogP) is 6.64. The molecular weight excluding hydrogens is 402 g/mol. The molecule has 1 heterocycles. The number of hydrogen-bond donors (Lipinski definition) is 1. The smallest absolute Gasteiger partial charge is 0.177 e. The molecule has 0 saturated carbocycles. The summed E-state index contributed by atoms with van der Waals surface area (Å²) in [5.41, 5.74) is 7.40. The molecule has 1 atom stereocenters. The van der Waals surface area contributed by atoms with Crippen molar-refractivity contribution in [3.63, 3.8) is 0 Å². The lowest BCUT2D eigenvalue weighted by Gasteiger charge is -2.30. The first-order chi connectivity index (χ1) is 16.0. The lowest BCUT2D eigenvalue weighted by Crippen LogP contribution is -2.40. The average Bonchev–Trinajstić information content (AvgIpc) is 2.86. The van der Waals surface area contributed by atoms with Crippen LogP contribution in [-0.4, -0.2) is 11.7 Å². The summed E-state index contributed by atoms with van der Waals surface area (Å²) in [6.07, 6.45) is 0. The first-order valence-electron chi connectivity index (χ1n) is 11.3. The Morgan fingerprint density at radius 2 is 1.15 bits per heavy atom. The first-order valence-corrected chi connectivity index (χ1v) is 11.3. The lowest BCUT2D eigenvalue weighted by molar-refractivity contribution is 0.518. The monoisotopic (exact) mass is 429 g/mol. The third kappa shape index (κ3) is 4.10. The van der Waals surface area contributed by atoms with Crippen LogP contribution in [0.5, 0.6) is 0 Å². The van der Waals surface area contributed by atoms with E-state index in [0.29, 0.717) is 0 Å². The lowest BCUT2D eigenvalue weighted by atomic mass is 9.94. The Balaban J connectivity index is 1.65. The Bertz CT molecular complexity index is 1350. The van der Waals surface area contributed by atoms with Crippen molar-refractivity contribution in [2.75, 3.05) is 0 Å². The molecule has 162 valence electrons. The van der Waals surface area contributed by atoms with Crippen LogP contribution in [0.25, 0.3) is 11.1 Å². The summed E-state index contributed by atoms with van der Waals surface area (Å²) in [6.45, 7) is 6.39. The number of aliphatic imine (C=N–C) groups is 2. The van der Waals surface area contributed by atoms with Crippen molar-refractivity contribution in [3.05, 3.63) is 131 Å². The fourth-order valence-corrected chi connectivity index (χ4v) is 4.32. The van der Waals surface area contributed by atoms with Crippen LogP contribution >= 0.6 is 0 Å². The standard InChI is InChI=1S/C30H27N3/c1-21-12-10-11-17-26(21)27-20-24(19-18-22(27)2)29-31-28(23-13-6-4-7-14-23)32-30(3,33-29)25-15-8-5-9-16-25/h4-20H,1-3H3,(H,31,32,33). The molecule has 0 aliphatic carbocycles. The second kappa shape index (κ2) is 8.51. The largest absolute Gasteiger partial charge is 0.324 e. The van der Waals surface area contributed by atoms with E-state index in [2.05, 4.69) is 92.8 Å². The van der Waals surface area contributed by atoms with E-state index in [1.165, 1.54) is 22.3 Å². The van der Waals surface area contributed by atoms with Gasteiger partial charge in [0.05, 0.1) is 0 Å². The van der Waals surface area contributed by atoms with Gasteiger partial charge in [-0.25, -0.2) is 9.98 Å². The van der Waals surface area contributed by atoms with Crippen molar-refractivity contribution < 1.29 is 0 Å². The third-order valence-corrected chi connectivity index (χ3v) is 6.21. The van der Waals surface area contributed by atoms with Crippen LogP contribution < -0.4 is 5.32 Å². The van der Waals surface area contributed by atoms with Gasteiger partial charge in [0.15, 0.2) is 5.66 Å². The molecule has 1 unspecified atom stereocenters. The van der Waals surface area contributed by atoms with Crippen LogP contribution in [0, 0.1) is 13.8 Å². The Labute approximate surface area is 195 Å². The minimum Gasteiger partial charge on any atom is -0.324 e. The van der Waals surface area contributed by atoms with Crippen molar-refractivity contribution in [3.8, 4) is 11.1 Å². The summed E-state index contributed by atoms with van der Waals surface area (Å²) < 4.78 is 0. The zero-order chi connectivity index (χ0) is 22.8.